The molecule has 42 heavy (non-hydrogen) atoms. The van der Waals surface area contributed by atoms with Gasteiger partial charge in [0, 0.05) is 37.8 Å². The monoisotopic (exact) mass is 612 g/mol. The van der Waals surface area contributed by atoms with Crippen LogP contribution < -0.4 is 9.64 Å². The summed E-state index contributed by atoms with van der Waals surface area (Å²) in [4.78, 5) is 28.2. The number of carbonyl (C=O) groups is 1. The predicted octanol–water partition coefficient (Wildman–Crippen LogP) is 4.60. The molecule has 6 rings (SSSR count). The van der Waals surface area contributed by atoms with E-state index in [9.17, 15) is 14.4 Å². The molecule has 1 spiro atoms. The molecule has 2 saturated heterocycles. The van der Waals surface area contributed by atoms with Crippen molar-refractivity contribution in [2.75, 3.05) is 44.7 Å². The van der Waals surface area contributed by atoms with E-state index in [2.05, 4.69) is 17.5 Å². The topological polar surface area (TPSA) is 85.6 Å². The highest BCUT2D eigenvalue weighted by Gasteiger charge is 2.43. The number of ether oxygens (including phenoxy) is 1. The molecule has 11 heteroatoms. The molecule has 0 N–H and O–H groups in total. The third-order valence-corrected chi connectivity index (χ3v) is 10.2. The highest BCUT2D eigenvalue weighted by atomic mass is 35.5. The summed E-state index contributed by atoms with van der Waals surface area (Å²) in [7, 11) is 1.91. The van der Waals surface area contributed by atoms with Crippen LogP contribution in [-0.2, 0) is 30.5 Å². The largest absolute Gasteiger partial charge is 0.462 e. The molecular weight excluding hydrogens is 578 g/mol. The second-order valence-electron chi connectivity index (χ2n) is 12.3. The van der Waals surface area contributed by atoms with Crippen LogP contribution in [0.4, 0.5) is 10.2 Å². The molecule has 0 radical (unpaired) electrons. The smallest absolute Gasteiger partial charge is 0.318 e. The van der Waals surface area contributed by atoms with Crippen LogP contribution in [0.3, 0.4) is 0 Å². The van der Waals surface area contributed by atoms with E-state index in [1.54, 1.807) is 4.90 Å². The number of rotatable bonds is 6. The predicted molar refractivity (Wildman–Crippen MR) is 160 cm³/mol. The molecule has 222 valence electrons. The van der Waals surface area contributed by atoms with Crippen molar-refractivity contribution in [3.8, 4) is 12.1 Å². The second-order valence-corrected chi connectivity index (χ2v) is 13.1. The Morgan fingerprint density at radius 1 is 1.19 bits per heavy atom. The number of likely N-dealkylation sites (tertiary alicyclic amines) is 1. The van der Waals surface area contributed by atoms with Gasteiger partial charge < -0.3 is 14.5 Å². The summed E-state index contributed by atoms with van der Waals surface area (Å²) in [5, 5.41) is 10.7. The van der Waals surface area contributed by atoms with Crippen molar-refractivity contribution in [3.05, 3.63) is 57.2 Å². The zero-order chi connectivity index (χ0) is 29.6. The summed E-state index contributed by atoms with van der Waals surface area (Å²) < 4.78 is 20.2. The van der Waals surface area contributed by atoms with Gasteiger partial charge in [0.05, 0.1) is 34.3 Å². The first-order chi connectivity index (χ1) is 20.2. The van der Waals surface area contributed by atoms with E-state index >= 15 is 0 Å². The zero-order valence-electron chi connectivity index (χ0n) is 23.8. The van der Waals surface area contributed by atoms with Gasteiger partial charge in [-0.15, -0.1) is 0 Å². The Hall–Kier alpha value is -2.93. The average Bonchev–Trinajstić information content (AvgIpc) is 3.47. The fraction of sp³-hybridized carbons (Fsp3) is 0.548. The maximum atomic E-state index is 14.0. The lowest BCUT2D eigenvalue weighted by molar-refractivity contribution is -0.128. The molecule has 2 fully saturated rings. The maximum absolute atomic E-state index is 14.0. The van der Waals surface area contributed by atoms with Crippen LogP contribution in [0.25, 0.3) is 0 Å². The van der Waals surface area contributed by atoms with Crippen LogP contribution in [-0.4, -0.2) is 83.8 Å². The molecule has 1 aromatic carbocycles. The van der Waals surface area contributed by atoms with Gasteiger partial charge in [-0.1, -0.05) is 29.8 Å². The van der Waals surface area contributed by atoms with E-state index in [1.807, 2.05) is 24.1 Å². The van der Waals surface area contributed by atoms with Crippen molar-refractivity contribution in [2.45, 2.75) is 63.2 Å². The number of likely N-dealkylation sites (N-methyl/N-ethyl adjacent to an activating group) is 1. The number of hydrogen-bond donors (Lipinski definition) is 0. The van der Waals surface area contributed by atoms with Crippen LogP contribution in [0.2, 0.25) is 10.0 Å². The van der Waals surface area contributed by atoms with Crippen LogP contribution in [0.15, 0.2) is 24.8 Å². The molecule has 2 aromatic rings. The Kier molecular flexibility index (Phi) is 8.07. The van der Waals surface area contributed by atoms with Gasteiger partial charge in [0.2, 0.25) is 5.91 Å². The Morgan fingerprint density at radius 2 is 1.93 bits per heavy atom. The first kappa shape index (κ1) is 29.2. The van der Waals surface area contributed by atoms with Crippen molar-refractivity contribution in [1.82, 2.24) is 19.8 Å². The Labute approximate surface area is 256 Å². The minimum absolute atomic E-state index is 0.0117. The van der Waals surface area contributed by atoms with Crippen LogP contribution in [0.5, 0.6) is 6.01 Å². The fourth-order valence-electron chi connectivity index (χ4n) is 7.30. The van der Waals surface area contributed by atoms with Gasteiger partial charge in [-0.05, 0) is 80.3 Å². The number of anilines is 1. The van der Waals surface area contributed by atoms with Gasteiger partial charge in [-0.25, -0.2) is 4.39 Å². The summed E-state index contributed by atoms with van der Waals surface area (Å²) >= 11 is 12.7. The molecule has 1 aromatic heterocycles. The molecule has 0 bridgehead atoms. The Bertz CT molecular complexity index is 1420. The standard InChI is InChI=1S/C31H35Cl2FN6O2/c1-3-28(41)40-9-8-39(17-22(40)5-7-35)29-24-4-6-31(13-19-10-25(32)26(33)11-20(19)14-31)15-27(24)36-30(37-29)42-18-23-12-21(34)16-38(23)2/h3,10-11,21-23H,1,4-6,8-9,12-18H2,2H3. The quantitative estimate of drug-likeness (QED) is 0.441. The number of nitriles is 1. The Morgan fingerprint density at radius 3 is 2.57 bits per heavy atom. The van der Waals surface area contributed by atoms with Crippen LogP contribution in [0, 0.1) is 16.7 Å². The average molecular weight is 614 g/mol. The first-order valence-electron chi connectivity index (χ1n) is 14.6. The minimum atomic E-state index is -0.860. The van der Waals surface area contributed by atoms with Crippen molar-refractivity contribution in [3.63, 3.8) is 0 Å². The van der Waals surface area contributed by atoms with Crippen LogP contribution in [0.1, 0.15) is 41.6 Å². The maximum Gasteiger partial charge on any atom is 0.318 e. The molecule has 3 unspecified atom stereocenters. The minimum Gasteiger partial charge on any atom is -0.462 e. The molecule has 3 atom stereocenters. The molecule has 0 saturated carbocycles. The van der Waals surface area contributed by atoms with Crippen LogP contribution >= 0.6 is 23.2 Å². The number of benzene rings is 1. The number of hydrogen-bond acceptors (Lipinski definition) is 7. The van der Waals surface area contributed by atoms with Crippen molar-refractivity contribution < 1.29 is 13.9 Å². The van der Waals surface area contributed by atoms with E-state index in [1.165, 1.54) is 17.2 Å². The first-order valence-corrected chi connectivity index (χ1v) is 15.3. The van der Waals surface area contributed by atoms with Gasteiger partial charge in [-0.2, -0.15) is 15.2 Å². The molecule has 2 aliphatic heterocycles. The number of piperazine rings is 1. The number of nitrogens with zero attached hydrogens (tertiary/aromatic N) is 6. The summed E-state index contributed by atoms with van der Waals surface area (Å²) in [5.74, 6) is 0.640. The highest BCUT2D eigenvalue weighted by molar-refractivity contribution is 6.42. The lowest BCUT2D eigenvalue weighted by Gasteiger charge is -2.42. The van der Waals surface area contributed by atoms with Crippen molar-refractivity contribution >= 4 is 34.9 Å². The number of aromatic nitrogens is 2. The number of amides is 1. The number of carbonyl (C=O) groups excluding carboxylic acids is 1. The van der Waals surface area contributed by atoms with Gasteiger partial charge in [0.1, 0.15) is 18.6 Å². The number of alkyl halides is 1. The van der Waals surface area contributed by atoms with Crippen molar-refractivity contribution in [2.24, 2.45) is 5.41 Å². The lowest BCUT2D eigenvalue weighted by atomic mass is 9.71. The van der Waals surface area contributed by atoms with E-state index in [4.69, 9.17) is 37.9 Å². The second kappa shape index (κ2) is 11.6. The van der Waals surface area contributed by atoms with Gasteiger partial charge >= 0.3 is 6.01 Å². The van der Waals surface area contributed by atoms with Gasteiger partial charge in [0.15, 0.2) is 0 Å². The summed E-state index contributed by atoms with van der Waals surface area (Å²) in [5.41, 5.74) is 4.56. The lowest BCUT2D eigenvalue weighted by Crippen LogP contribution is -2.55. The molecule has 2 aliphatic carbocycles. The molecule has 3 heterocycles. The Balaban J connectivity index is 1.31. The van der Waals surface area contributed by atoms with Gasteiger partial charge in [0.25, 0.3) is 0 Å². The van der Waals surface area contributed by atoms with E-state index in [-0.39, 0.29) is 29.8 Å². The van der Waals surface area contributed by atoms with Crippen molar-refractivity contribution in [1.29, 1.82) is 5.26 Å². The molecular formula is C31H35Cl2FN6O2. The summed E-state index contributed by atoms with van der Waals surface area (Å²) in [6, 6.07) is 6.21. The zero-order valence-corrected chi connectivity index (χ0v) is 25.3. The third-order valence-electron chi connectivity index (χ3n) is 9.48. The SMILES string of the molecule is C=CC(=O)N1CCN(c2nc(OCC3CC(F)CN3C)nc3c2CCC2(Cc4cc(Cl)c(Cl)cc4C2)C3)CC1CC#N. The summed E-state index contributed by atoms with van der Waals surface area (Å²) in [6.07, 6.45) is 5.46. The normalized spacial score (nSPS) is 24.8. The molecule has 1 amide bonds. The highest BCUT2D eigenvalue weighted by Crippen LogP contribution is 2.49. The van der Waals surface area contributed by atoms with E-state index in [0.29, 0.717) is 55.3 Å². The van der Waals surface area contributed by atoms with E-state index in [0.717, 1.165) is 49.2 Å². The third kappa shape index (κ3) is 5.57. The van der Waals surface area contributed by atoms with E-state index < -0.39 is 6.17 Å². The molecule has 4 aliphatic rings. The summed E-state index contributed by atoms with van der Waals surface area (Å²) in [6.45, 7) is 5.87. The van der Waals surface area contributed by atoms with Gasteiger partial charge in [-0.3, -0.25) is 9.69 Å². The number of fused-ring (bicyclic) bond motifs is 2. The molecule has 8 nitrogen and oxygen atoms in total. The fourth-order valence-corrected chi connectivity index (χ4v) is 7.67. The number of halogens is 3.